The van der Waals surface area contributed by atoms with Crippen LogP contribution in [0.15, 0.2) is 60.8 Å². The van der Waals surface area contributed by atoms with Gasteiger partial charge in [-0.25, -0.2) is 4.39 Å². The minimum absolute atomic E-state index is 0.209. The standard InChI is InChI=1S/C21H18FN3O/c22-17-7-3-15(4-8-17)19-10-6-16(13-24-19)21(26)25-18-9-5-14-2-1-11-23-20(14)12-18/h3-10,12-13,23H,1-2,11H2,(H,25,26). The fourth-order valence-corrected chi connectivity index (χ4v) is 3.06. The topological polar surface area (TPSA) is 54.0 Å². The summed E-state index contributed by atoms with van der Waals surface area (Å²) < 4.78 is 13.0. The van der Waals surface area contributed by atoms with Crippen LogP contribution in [0.25, 0.3) is 11.3 Å². The van der Waals surface area contributed by atoms with E-state index in [0.717, 1.165) is 36.3 Å². The first-order valence-electron chi connectivity index (χ1n) is 8.59. The average molecular weight is 347 g/mol. The first kappa shape index (κ1) is 16.3. The summed E-state index contributed by atoms with van der Waals surface area (Å²) in [6.07, 6.45) is 3.72. The second-order valence-electron chi connectivity index (χ2n) is 6.30. The number of hydrogen-bond acceptors (Lipinski definition) is 3. The first-order valence-corrected chi connectivity index (χ1v) is 8.59. The number of anilines is 2. The van der Waals surface area contributed by atoms with Crippen molar-refractivity contribution in [2.24, 2.45) is 0 Å². The van der Waals surface area contributed by atoms with E-state index in [4.69, 9.17) is 0 Å². The van der Waals surface area contributed by atoms with Crippen molar-refractivity contribution in [1.29, 1.82) is 0 Å². The van der Waals surface area contributed by atoms with E-state index in [9.17, 15) is 9.18 Å². The summed E-state index contributed by atoms with van der Waals surface area (Å²) in [4.78, 5) is 16.8. The van der Waals surface area contributed by atoms with E-state index in [1.54, 1.807) is 24.3 Å². The Kier molecular flexibility index (Phi) is 4.35. The van der Waals surface area contributed by atoms with Gasteiger partial charge < -0.3 is 10.6 Å². The Bertz CT molecular complexity index is 936. The van der Waals surface area contributed by atoms with Gasteiger partial charge >= 0.3 is 0 Å². The maximum Gasteiger partial charge on any atom is 0.257 e. The first-order chi connectivity index (χ1) is 12.7. The van der Waals surface area contributed by atoms with Crippen molar-refractivity contribution in [3.63, 3.8) is 0 Å². The zero-order chi connectivity index (χ0) is 17.9. The minimum atomic E-state index is -0.288. The number of aryl methyl sites for hydroxylation is 1. The van der Waals surface area contributed by atoms with Crippen molar-refractivity contribution in [2.75, 3.05) is 17.2 Å². The average Bonchev–Trinajstić information content (AvgIpc) is 2.68. The molecule has 1 aromatic heterocycles. The maximum absolute atomic E-state index is 13.0. The van der Waals surface area contributed by atoms with Crippen LogP contribution in [0.5, 0.6) is 0 Å². The number of fused-ring (bicyclic) bond motifs is 1. The Labute approximate surface area is 151 Å². The fraction of sp³-hybridized carbons (Fsp3) is 0.143. The summed E-state index contributed by atoms with van der Waals surface area (Å²) in [5.74, 6) is -0.497. The van der Waals surface area contributed by atoms with Gasteiger partial charge in [0.15, 0.2) is 0 Å². The smallest absolute Gasteiger partial charge is 0.257 e. The van der Waals surface area contributed by atoms with Crippen molar-refractivity contribution in [2.45, 2.75) is 12.8 Å². The molecule has 2 heterocycles. The lowest BCUT2D eigenvalue weighted by Gasteiger charge is -2.18. The van der Waals surface area contributed by atoms with E-state index >= 15 is 0 Å². The number of rotatable bonds is 3. The third-order valence-electron chi connectivity index (χ3n) is 4.47. The molecular formula is C21H18FN3O. The molecule has 1 amide bonds. The molecular weight excluding hydrogens is 329 g/mol. The van der Waals surface area contributed by atoms with Crippen LogP contribution in [0.4, 0.5) is 15.8 Å². The summed E-state index contributed by atoms with van der Waals surface area (Å²) in [6, 6.07) is 15.5. The number of pyridine rings is 1. The van der Waals surface area contributed by atoms with Crippen LogP contribution in [-0.2, 0) is 6.42 Å². The highest BCUT2D eigenvalue weighted by atomic mass is 19.1. The number of carbonyl (C=O) groups is 1. The van der Waals surface area contributed by atoms with Crippen molar-refractivity contribution >= 4 is 17.3 Å². The largest absolute Gasteiger partial charge is 0.385 e. The molecule has 0 bridgehead atoms. The molecule has 0 atom stereocenters. The predicted molar refractivity (Wildman–Crippen MR) is 101 cm³/mol. The Balaban J connectivity index is 1.49. The molecule has 0 saturated heterocycles. The molecule has 0 fully saturated rings. The lowest BCUT2D eigenvalue weighted by molar-refractivity contribution is 0.102. The van der Waals surface area contributed by atoms with Gasteiger partial charge in [-0.15, -0.1) is 0 Å². The molecule has 4 rings (SSSR count). The predicted octanol–water partition coefficient (Wildman–Crippen LogP) is 4.50. The van der Waals surface area contributed by atoms with Crippen LogP contribution in [0.2, 0.25) is 0 Å². The van der Waals surface area contributed by atoms with Gasteiger partial charge in [0.05, 0.1) is 11.3 Å². The minimum Gasteiger partial charge on any atom is -0.385 e. The van der Waals surface area contributed by atoms with Gasteiger partial charge in [-0.05, 0) is 66.9 Å². The van der Waals surface area contributed by atoms with E-state index in [2.05, 4.69) is 15.6 Å². The maximum atomic E-state index is 13.0. The molecule has 0 saturated carbocycles. The number of halogens is 1. The highest BCUT2D eigenvalue weighted by molar-refractivity contribution is 6.04. The molecule has 3 aromatic rings. The third-order valence-corrected chi connectivity index (χ3v) is 4.47. The summed E-state index contributed by atoms with van der Waals surface area (Å²) in [7, 11) is 0. The highest BCUT2D eigenvalue weighted by Gasteiger charge is 2.11. The third kappa shape index (κ3) is 3.42. The highest BCUT2D eigenvalue weighted by Crippen LogP contribution is 2.25. The van der Waals surface area contributed by atoms with E-state index in [1.165, 1.54) is 23.9 Å². The summed E-state index contributed by atoms with van der Waals surface area (Å²) in [6.45, 7) is 0.958. The second kappa shape index (κ2) is 6.96. The van der Waals surface area contributed by atoms with Gasteiger partial charge in [-0.3, -0.25) is 9.78 Å². The molecule has 5 heteroatoms. The zero-order valence-corrected chi connectivity index (χ0v) is 14.1. The Hall–Kier alpha value is -3.21. The normalized spacial score (nSPS) is 12.8. The summed E-state index contributed by atoms with van der Waals surface area (Å²) in [5, 5.41) is 6.26. The molecule has 2 N–H and O–H groups in total. The molecule has 130 valence electrons. The van der Waals surface area contributed by atoms with Crippen molar-refractivity contribution in [3.8, 4) is 11.3 Å². The number of nitrogens with zero attached hydrogens (tertiary/aromatic N) is 1. The van der Waals surface area contributed by atoms with Crippen LogP contribution in [-0.4, -0.2) is 17.4 Å². The molecule has 0 unspecified atom stereocenters. The molecule has 1 aliphatic heterocycles. The zero-order valence-electron chi connectivity index (χ0n) is 14.1. The quantitative estimate of drug-likeness (QED) is 0.733. The molecule has 0 aliphatic carbocycles. The van der Waals surface area contributed by atoms with E-state index in [0.29, 0.717) is 11.3 Å². The number of nitrogens with one attached hydrogen (secondary N) is 2. The van der Waals surface area contributed by atoms with E-state index in [1.807, 2.05) is 18.2 Å². The molecule has 26 heavy (non-hydrogen) atoms. The molecule has 0 radical (unpaired) electrons. The lowest BCUT2D eigenvalue weighted by atomic mass is 10.0. The number of aromatic nitrogens is 1. The van der Waals surface area contributed by atoms with Crippen LogP contribution in [0.1, 0.15) is 22.3 Å². The van der Waals surface area contributed by atoms with Gasteiger partial charge in [-0.2, -0.15) is 0 Å². The fourth-order valence-electron chi connectivity index (χ4n) is 3.06. The van der Waals surface area contributed by atoms with Crippen LogP contribution >= 0.6 is 0 Å². The molecule has 0 spiro atoms. The van der Waals surface area contributed by atoms with Gasteiger partial charge in [-0.1, -0.05) is 6.07 Å². The van der Waals surface area contributed by atoms with E-state index in [-0.39, 0.29) is 11.7 Å². The Morgan fingerprint density at radius 3 is 2.69 bits per heavy atom. The number of benzene rings is 2. The number of amides is 1. The van der Waals surface area contributed by atoms with Gasteiger partial charge in [0.2, 0.25) is 0 Å². The molecule has 1 aliphatic rings. The van der Waals surface area contributed by atoms with Gasteiger partial charge in [0.1, 0.15) is 5.82 Å². The number of carbonyl (C=O) groups excluding carboxylic acids is 1. The SMILES string of the molecule is O=C(Nc1ccc2c(c1)NCCC2)c1ccc(-c2ccc(F)cc2)nc1. The summed E-state index contributed by atoms with van der Waals surface area (Å²) >= 11 is 0. The monoisotopic (exact) mass is 347 g/mol. The van der Waals surface area contributed by atoms with Gasteiger partial charge in [0, 0.05) is 29.7 Å². The van der Waals surface area contributed by atoms with E-state index < -0.39 is 0 Å². The number of hydrogen-bond donors (Lipinski definition) is 2. The van der Waals surface area contributed by atoms with Crippen LogP contribution in [0.3, 0.4) is 0 Å². The second-order valence-corrected chi connectivity index (χ2v) is 6.30. The van der Waals surface area contributed by atoms with Crippen LogP contribution in [0, 0.1) is 5.82 Å². The Morgan fingerprint density at radius 1 is 1.08 bits per heavy atom. The lowest BCUT2D eigenvalue weighted by Crippen LogP contribution is -2.15. The van der Waals surface area contributed by atoms with Crippen molar-refractivity contribution in [1.82, 2.24) is 4.98 Å². The van der Waals surface area contributed by atoms with Crippen LogP contribution < -0.4 is 10.6 Å². The van der Waals surface area contributed by atoms with Gasteiger partial charge in [0.25, 0.3) is 5.91 Å². The van der Waals surface area contributed by atoms with Crippen molar-refractivity contribution < 1.29 is 9.18 Å². The Morgan fingerprint density at radius 2 is 1.92 bits per heavy atom. The van der Waals surface area contributed by atoms with Crippen molar-refractivity contribution in [3.05, 3.63) is 77.7 Å². The summed E-state index contributed by atoms with van der Waals surface area (Å²) in [5.41, 5.74) is 5.09. The molecule has 2 aromatic carbocycles. The molecule has 4 nitrogen and oxygen atoms in total.